The molecule has 0 aliphatic carbocycles. The van der Waals surface area contributed by atoms with Crippen LogP contribution in [0.15, 0.2) is 22.7 Å². The summed E-state index contributed by atoms with van der Waals surface area (Å²) in [4.78, 5) is 17.6. The molecule has 0 amide bonds. The molecule has 1 atom stereocenters. The predicted octanol–water partition coefficient (Wildman–Crippen LogP) is 2.23. The van der Waals surface area contributed by atoms with Crippen molar-refractivity contribution in [1.82, 2.24) is 19.9 Å². The lowest BCUT2D eigenvalue weighted by molar-refractivity contribution is 0.727. The largest absolute Gasteiger partial charge is 0.328 e. The van der Waals surface area contributed by atoms with Gasteiger partial charge in [0.1, 0.15) is 0 Å². The normalized spacial score (nSPS) is 12.4. The van der Waals surface area contributed by atoms with E-state index in [2.05, 4.69) is 19.9 Å². The van der Waals surface area contributed by atoms with Crippen LogP contribution < -0.4 is 5.73 Å². The van der Waals surface area contributed by atoms with Crippen LogP contribution in [-0.2, 0) is 6.42 Å². The summed E-state index contributed by atoms with van der Waals surface area (Å²) in [6.07, 6.45) is 4.41. The molecule has 20 heavy (non-hydrogen) atoms. The maximum Gasteiger partial charge on any atom is 0.195 e. The van der Waals surface area contributed by atoms with E-state index in [1.54, 1.807) is 0 Å². The Morgan fingerprint density at radius 3 is 2.10 bits per heavy atom. The van der Waals surface area contributed by atoms with Crippen molar-refractivity contribution < 1.29 is 0 Å². The van der Waals surface area contributed by atoms with Gasteiger partial charge in [-0.1, -0.05) is 0 Å². The molecule has 0 aliphatic heterocycles. The van der Waals surface area contributed by atoms with Crippen LogP contribution in [0.5, 0.6) is 0 Å². The summed E-state index contributed by atoms with van der Waals surface area (Å²) in [5.41, 5.74) is 9.91. The number of aromatic nitrogens is 4. The SMILES string of the molecule is Cc1nc(Sc2ncc(CC(C)N)cn2)nc(C)c1C. The number of nitrogens with two attached hydrogens (primary N) is 1. The molecule has 106 valence electrons. The van der Waals surface area contributed by atoms with E-state index >= 15 is 0 Å². The average molecular weight is 289 g/mol. The second kappa shape index (κ2) is 6.28. The lowest BCUT2D eigenvalue weighted by Gasteiger charge is -2.07. The van der Waals surface area contributed by atoms with Gasteiger partial charge < -0.3 is 5.73 Å². The van der Waals surface area contributed by atoms with Crippen molar-refractivity contribution in [3.8, 4) is 0 Å². The van der Waals surface area contributed by atoms with Crippen molar-refractivity contribution in [1.29, 1.82) is 0 Å². The van der Waals surface area contributed by atoms with Crippen LogP contribution in [0.1, 0.15) is 29.4 Å². The van der Waals surface area contributed by atoms with E-state index in [9.17, 15) is 0 Å². The molecule has 0 bridgehead atoms. The van der Waals surface area contributed by atoms with Crippen LogP contribution in [0.2, 0.25) is 0 Å². The first kappa shape index (κ1) is 14.9. The van der Waals surface area contributed by atoms with Gasteiger partial charge in [-0.05, 0) is 57.0 Å². The minimum atomic E-state index is 0.114. The van der Waals surface area contributed by atoms with E-state index in [0.717, 1.165) is 28.9 Å². The van der Waals surface area contributed by atoms with Crippen molar-refractivity contribution in [3.05, 3.63) is 34.9 Å². The topological polar surface area (TPSA) is 77.6 Å². The van der Waals surface area contributed by atoms with E-state index in [1.807, 2.05) is 40.1 Å². The Morgan fingerprint density at radius 1 is 1.05 bits per heavy atom. The standard InChI is InChI=1S/C14H19N5S/c1-8(15)5-12-6-16-13(17-7-12)20-14-18-10(3)9(2)11(4)19-14/h6-8H,5,15H2,1-4H3. The molecule has 2 heterocycles. The van der Waals surface area contributed by atoms with Gasteiger partial charge in [0, 0.05) is 29.8 Å². The zero-order chi connectivity index (χ0) is 14.7. The monoisotopic (exact) mass is 289 g/mol. The summed E-state index contributed by atoms with van der Waals surface area (Å²) >= 11 is 1.38. The fourth-order valence-corrected chi connectivity index (χ4v) is 2.48. The van der Waals surface area contributed by atoms with Crippen molar-refractivity contribution in [2.24, 2.45) is 5.73 Å². The molecular weight excluding hydrogens is 270 g/mol. The third kappa shape index (κ3) is 3.74. The summed E-state index contributed by atoms with van der Waals surface area (Å²) in [5, 5.41) is 1.34. The highest BCUT2D eigenvalue weighted by Gasteiger charge is 2.08. The number of hydrogen-bond donors (Lipinski definition) is 1. The molecule has 0 aromatic carbocycles. The van der Waals surface area contributed by atoms with Crippen LogP contribution in [0.25, 0.3) is 0 Å². The van der Waals surface area contributed by atoms with Gasteiger partial charge in [0.15, 0.2) is 10.3 Å². The Hall–Kier alpha value is -1.53. The fraction of sp³-hybridized carbons (Fsp3) is 0.429. The number of hydrogen-bond acceptors (Lipinski definition) is 6. The van der Waals surface area contributed by atoms with E-state index < -0.39 is 0 Å². The minimum Gasteiger partial charge on any atom is -0.328 e. The molecule has 6 heteroatoms. The molecule has 0 spiro atoms. The maximum absolute atomic E-state index is 5.75. The third-order valence-corrected chi connectivity index (χ3v) is 3.79. The first-order valence-electron chi connectivity index (χ1n) is 6.52. The molecule has 0 fully saturated rings. The van der Waals surface area contributed by atoms with Crippen molar-refractivity contribution in [3.63, 3.8) is 0 Å². The first-order valence-corrected chi connectivity index (χ1v) is 7.33. The van der Waals surface area contributed by atoms with Gasteiger partial charge in [0.25, 0.3) is 0 Å². The Kier molecular flexibility index (Phi) is 4.67. The molecule has 0 saturated carbocycles. The first-order chi connectivity index (χ1) is 9.45. The molecule has 1 unspecified atom stereocenters. The van der Waals surface area contributed by atoms with Gasteiger partial charge in [-0.2, -0.15) is 0 Å². The lowest BCUT2D eigenvalue weighted by Crippen LogP contribution is -2.18. The molecule has 0 saturated heterocycles. The van der Waals surface area contributed by atoms with Gasteiger partial charge >= 0.3 is 0 Å². The number of rotatable bonds is 4. The summed E-state index contributed by atoms with van der Waals surface area (Å²) in [6.45, 7) is 7.97. The minimum absolute atomic E-state index is 0.114. The van der Waals surface area contributed by atoms with Crippen LogP contribution in [0.4, 0.5) is 0 Å². The van der Waals surface area contributed by atoms with Crippen LogP contribution in [0, 0.1) is 20.8 Å². The van der Waals surface area contributed by atoms with E-state index in [-0.39, 0.29) is 6.04 Å². The highest BCUT2D eigenvalue weighted by atomic mass is 32.2. The Bertz CT molecular complexity index is 572. The number of aryl methyl sites for hydroxylation is 2. The molecule has 2 N–H and O–H groups in total. The van der Waals surface area contributed by atoms with Crippen molar-refractivity contribution in [2.75, 3.05) is 0 Å². The van der Waals surface area contributed by atoms with Crippen LogP contribution >= 0.6 is 11.8 Å². The van der Waals surface area contributed by atoms with Gasteiger partial charge in [-0.25, -0.2) is 19.9 Å². The summed E-state index contributed by atoms with van der Waals surface area (Å²) in [7, 11) is 0. The summed E-state index contributed by atoms with van der Waals surface area (Å²) < 4.78 is 0. The average Bonchev–Trinajstić information content (AvgIpc) is 2.37. The maximum atomic E-state index is 5.75. The second-order valence-corrected chi connectivity index (χ2v) is 5.89. The van der Waals surface area contributed by atoms with Crippen LogP contribution in [0.3, 0.4) is 0 Å². The molecule has 2 aromatic heterocycles. The Labute approximate surface area is 123 Å². The van der Waals surface area contributed by atoms with Crippen molar-refractivity contribution >= 4 is 11.8 Å². The zero-order valence-corrected chi connectivity index (χ0v) is 13.0. The highest BCUT2D eigenvalue weighted by molar-refractivity contribution is 7.99. The lowest BCUT2D eigenvalue weighted by atomic mass is 10.1. The van der Waals surface area contributed by atoms with Crippen LogP contribution in [-0.4, -0.2) is 26.0 Å². The van der Waals surface area contributed by atoms with E-state index in [0.29, 0.717) is 10.3 Å². The molecule has 0 aliphatic rings. The summed E-state index contributed by atoms with van der Waals surface area (Å²) in [5.74, 6) is 0. The molecule has 2 aromatic rings. The second-order valence-electron chi connectivity index (χ2n) is 4.96. The molecule has 0 radical (unpaired) electrons. The highest BCUT2D eigenvalue weighted by Crippen LogP contribution is 2.22. The van der Waals surface area contributed by atoms with Crippen molar-refractivity contribution in [2.45, 2.75) is 50.5 Å². The Morgan fingerprint density at radius 2 is 1.60 bits per heavy atom. The van der Waals surface area contributed by atoms with E-state index in [1.165, 1.54) is 11.8 Å². The number of nitrogens with zero attached hydrogens (tertiary/aromatic N) is 4. The molecule has 2 rings (SSSR count). The quantitative estimate of drug-likeness (QED) is 0.870. The van der Waals surface area contributed by atoms with Gasteiger partial charge in [0.2, 0.25) is 0 Å². The predicted molar refractivity (Wildman–Crippen MR) is 79.8 cm³/mol. The molecular formula is C14H19N5S. The smallest absolute Gasteiger partial charge is 0.195 e. The summed E-state index contributed by atoms with van der Waals surface area (Å²) in [6, 6.07) is 0.114. The molecule has 5 nitrogen and oxygen atoms in total. The third-order valence-electron chi connectivity index (χ3n) is 3.03. The van der Waals surface area contributed by atoms with Gasteiger partial charge in [-0.15, -0.1) is 0 Å². The Balaban J connectivity index is 2.14. The zero-order valence-electron chi connectivity index (χ0n) is 12.2. The van der Waals surface area contributed by atoms with Gasteiger partial charge in [0.05, 0.1) is 0 Å². The van der Waals surface area contributed by atoms with Gasteiger partial charge in [-0.3, -0.25) is 0 Å². The van der Waals surface area contributed by atoms with E-state index in [4.69, 9.17) is 5.73 Å². The fourth-order valence-electron chi connectivity index (χ4n) is 1.74.